The summed E-state index contributed by atoms with van der Waals surface area (Å²) in [6.07, 6.45) is 1.50. The van der Waals surface area contributed by atoms with Gasteiger partial charge in [-0.25, -0.2) is 0 Å². The molecule has 3 rings (SSSR count). The molecule has 0 bridgehead atoms. The molecule has 1 aliphatic rings. The Kier molecular flexibility index (Phi) is 9.14. The zero-order chi connectivity index (χ0) is 23.8. The van der Waals surface area contributed by atoms with E-state index in [2.05, 4.69) is 11.4 Å². The summed E-state index contributed by atoms with van der Waals surface area (Å²) in [4.78, 5) is 31.0. The van der Waals surface area contributed by atoms with Crippen LogP contribution in [0.5, 0.6) is 11.5 Å². The zero-order valence-corrected chi connectivity index (χ0v) is 20.7. The van der Waals surface area contributed by atoms with Gasteiger partial charge in [0.25, 0.3) is 0 Å². The predicted molar refractivity (Wildman–Crippen MR) is 129 cm³/mol. The predicted octanol–water partition coefficient (Wildman–Crippen LogP) is 3.78. The van der Waals surface area contributed by atoms with Gasteiger partial charge in [0.1, 0.15) is 6.61 Å². The Morgan fingerprint density at radius 1 is 1.18 bits per heavy atom. The van der Waals surface area contributed by atoms with Gasteiger partial charge >= 0.3 is 0 Å². The van der Waals surface area contributed by atoms with E-state index in [9.17, 15) is 9.59 Å². The van der Waals surface area contributed by atoms with Gasteiger partial charge in [-0.15, -0.1) is 11.3 Å². The third-order valence-electron chi connectivity index (χ3n) is 5.79. The number of ether oxygens (including phenoxy) is 3. The highest BCUT2D eigenvalue weighted by molar-refractivity contribution is 7.10. The highest BCUT2D eigenvalue weighted by atomic mass is 32.1. The molecule has 180 valence electrons. The van der Waals surface area contributed by atoms with Crippen LogP contribution in [0.15, 0.2) is 35.7 Å². The molecule has 0 radical (unpaired) electrons. The summed E-state index contributed by atoms with van der Waals surface area (Å²) in [6.45, 7) is 5.75. The minimum absolute atomic E-state index is 0.0190. The van der Waals surface area contributed by atoms with Crippen LogP contribution >= 0.6 is 11.3 Å². The average Bonchev–Trinajstić information content (AvgIpc) is 3.30. The third-order valence-corrected chi connectivity index (χ3v) is 6.79. The van der Waals surface area contributed by atoms with Gasteiger partial charge in [0.15, 0.2) is 11.5 Å². The van der Waals surface area contributed by atoms with E-state index in [1.165, 1.54) is 4.88 Å². The normalized spacial score (nSPS) is 15.3. The lowest BCUT2D eigenvalue weighted by Gasteiger charge is -2.37. The molecule has 1 unspecified atom stereocenters. The second kappa shape index (κ2) is 12.0. The van der Waals surface area contributed by atoms with Gasteiger partial charge < -0.3 is 24.0 Å². The third kappa shape index (κ3) is 6.26. The Balaban J connectivity index is 1.77. The van der Waals surface area contributed by atoms with Gasteiger partial charge in [0.05, 0.1) is 19.7 Å². The summed E-state index contributed by atoms with van der Waals surface area (Å²) < 4.78 is 16.7. The second-order valence-corrected chi connectivity index (χ2v) is 9.38. The number of hydrogen-bond acceptors (Lipinski definition) is 6. The molecule has 1 aromatic heterocycles. The quantitative estimate of drug-likeness (QED) is 0.464. The van der Waals surface area contributed by atoms with Crippen molar-refractivity contribution >= 4 is 23.2 Å². The zero-order valence-electron chi connectivity index (χ0n) is 19.9. The first-order valence-corrected chi connectivity index (χ1v) is 12.2. The minimum atomic E-state index is -0.215. The number of amides is 2. The number of hydrogen-bond donors (Lipinski definition) is 0. The summed E-state index contributed by atoms with van der Waals surface area (Å²) >= 11 is 1.71. The number of benzene rings is 1. The van der Waals surface area contributed by atoms with E-state index < -0.39 is 0 Å². The van der Waals surface area contributed by atoms with E-state index in [-0.39, 0.29) is 30.3 Å². The Hall–Kier alpha value is -2.58. The van der Waals surface area contributed by atoms with Gasteiger partial charge in [-0.3, -0.25) is 9.59 Å². The number of rotatable bonds is 11. The molecular weight excluding hydrogens is 440 g/mol. The van der Waals surface area contributed by atoms with Crippen LogP contribution in [0.1, 0.15) is 36.8 Å². The lowest BCUT2D eigenvalue weighted by Crippen LogP contribution is -2.48. The standard InChI is InChI=1S/C25H34N2O5S/c1-18(2)25(29)26(12-7-14-30-3)16-24(28)27-13-10-23-19(11-15-33-23)20(27)17-32-22-9-6-5-8-21(22)31-4/h5-6,8-9,11,15,18,20H,7,10,12-14,16-17H2,1-4H3. The van der Waals surface area contributed by atoms with E-state index in [1.807, 2.05) is 43.0 Å². The largest absolute Gasteiger partial charge is 0.493 e. The van der Waals surface area contributed by atoms with Crippen LogP contribution in [-0.2, 0) is 20.7 Å². The number of carbonyl (C=O) groups is 2. The molecule has 8 heteroatoms. The fraction of sp³-hybridized carbons (Fsp3) is 0.520. The van der Waals surface area contributed by atoms with Crippen molar-refractivity contribution in [2.45, 2.75) is 32.7 Å². The molecule has 7 nitrogen and oxygen atoms in total. The van der Waals surface area contributed by atoms with Gasteiger partial charge in [-0.05, 0) is 42.0 Å². The average molecular weight is 475 g/mol. The fourth-order valence-electron chi connectivity index (χ4n) is 4.07. The molecule has 1 aliphatic heterocycles. The number of fused-ring (bicyclic) bond motifs is 1. The van der Waals surface area contributed by atoms with Crippen molar-refractivity contribution < 1.29 is 23.8 Å². The van der Waals surface area contributed by atoms with Crippen molar-refractivity contribution in [1.82, 2.24) is 9.80 Å². The monoisotopic (exact) mass is 474 g/mol. The Morgan fingerprint density at radius 3 is 2.64 bits per heavy atom. The molecule has 0 N–H and O–H groups in total. The van der Waals surface area contributed by atoms with E-state index >= 15 is 0 Å². The number of nitrogens with zero attached hydrogens (tertiary/aromatic N) is 2. The number of carbonyl (C=O) groups excluding carboxylic acids is 2. The summed E-state index contributed by atoms with van der Waals surface area (Å²) in [5.74, 6) is 1.05. The van der Waals surface area contributed by atoms with Crippen LogP contribution in [0.2, 0.25) is 0 Å². The molecule has 0 fully saturated rings. The first-order chi connectivity index (χ1) is 16.0. The van der Waals surface area contributed by atoms with Gasteiger partial charge in [-0.2, -0.15) is 0 Å². The van der Waals surface area contributed by atoms with Crippen molar-refractivity contribution in [2.24, 2.45) is 5.92 Å². The Bertz CT molecular complexity index is 929. The van der Waals surface area contributed by atoms with E-state index in [1.54, 1.807) is 30.5 Å². The van der Waals surface area contributed by atoms with Crippen LogP contribution in [0.25, 0.3) is 0 Å². The highest BCUT2D eigenvalue weighted by Crippen LogP contribution is 2.35. The van der Waals surface area contributed by atoms with Gasteiger partial charge in [-0.1, -0.05) is 26.0 Å². The SMILES string of the molecule is COCCCN(CC(=O)N1CCc2sccc2C1COc1ccccc1OC)C(=O)C(C)C. The van der Waals surface area contributed by atoms with Crippen molar-refractivity contribution in [2.75, 3.05) is 47.1 Å². The Labute approximate surface area is 200 Å². The molecule has 2 heterocycles. The smallest absolute Gasteiger partial charge is 0.242 e. The van der Waals surface area contributed by atoms with Crippen LogP contribution in [0.3, 0.4) is 0 Å². The molecule has 0 spiro atoms. The molecule has 2 aromatic rings. The maximum absolute atomic E-state index is 13.5. The topological polar surface area (TPSA) is 68.3 Å². The van der Waals surface area contributed by atoms with E-state index in [0.717, 1.165) is 12.0 Å². The second-order valence-electron chi connectivity index (χ2n) is 8.37. The molecule has 1 aromatic carbocycles. The van der Waals surface area contributed by atoms with Gasteiger partial charge in [0, 0.05) is 37.6 Å². The first-order valence-electron chi connectivity index (χ1n) is 11.4. The van der Waals surface area contributed by atoms with Crippen molar-refractivity contribution in [1.29, 1.82) is 0 Å². The van der Waals surface area contributed by atoms with E-state index in [0.29, 0.717) is 44.2 Å². The molecule has 0 saturated heterocycles. The molecule has 2 amide bonds. The number of thiophene rings is 1. The molecule has 0 aliphatic carbocycles. The first kappa shape index (κ1) is 25.1. The van der Waals surface area contributed by atoms with Crippen LogP contribution in [0, 0.1) is 5.92 Å². The number of methoxy groups -OCH3 is 2. The van der Waals surface area contributed by atoms with Crippen molar-refractivity contribution in [3.05, 3.63) is 46.2 Å². The summed E-state index contributed by atoms with van der Waals surface area (Å²) in [5.41, 5.74) is 1.12. The Morgan fingerprint density at radius 2 is 1.94 bits per heavy atom. The van der Waals surface area contributed by atoms with Gasteiger partial charge in [0.2, 0.25) is 11.8 Å². The number of para-hydroxylation sites is 2. The van der Waals surface area contributed by atoms with Crippen LogP contribution < -0.4 is 9.47 Å². The lowest BCUT2D eigenvalue weighted by molar-refractivity contribution is -0.144. The highest BCUT2D eigenvalue weighted by Gasteiger charge is 2.33. The van der Waals surface area contributed by atoms with Crippen LogP contribution in [-0.4, -0.2) is 68.7 Å². The maximum atomic E-state index is 13.5. The van der Waals surface area contributed by atoms with Crippen LogP contribution in [0.4, 0.5) is 0 Å². The summed E-state index contributed by atoms with van der Waals surface area (Å²) in [6, 6.07) is 9.36. The summed E-state index contributed by atoms with van der Waals surface area (Å²) in [7, 11) is 3.25. The lowest BCUT2D eigenvalue weighted by atomic mass is 10.00. The molecule has 1 atom stereocenters. The maximum Gasteiger partial charge on any atom is 0.242 e. The molecule has 33 heavy (non-hydrogen) atoms. The summed E-state index contributed by atoms with van der Waals surface area (Å²) in [5, 5.41) is 2.06. The molecular formula is C25H34N2O5S. The fourth-order valence-corrected chi connectivity index (χ4v) is 5.00. The molecule has 0 saturated carbocycles. The van der Waals surface area contributed by atoms with E-state index in [4.69, 9.17) is 14.2 Å². The van der Waals surface area contributed by atoms with Crippen molar-refractivity contribution in [3.63, 3.8) is 0 Å². The van der Waals surface area contributed by atoms with Crippen molar-refractivity contribution in [3.8, 4) is 11.5 Å². The minimum Gasteiger partial charge on any atom is -0.493 e.